The van der Waals surface area contributed by atoms with Gasteiger partial charge in [0.15, 0.2) is 17.1 Å². The Balaban J connectivity index is 1.43. The molecular formula is C32H26ClF3N2O5S2. The van der Waals surface area contributed by atoms with Crippen molar-refractivity contribution in [1.82, 2.24) is 9.71 Å². The topological polar surface area (TPSA) is 97.8 Å². The molecular weight excluding hydrogens is 649 g/mol. The van der Waals surface area contributed by atoms with Crippen molar-refractivity contribution in [2.75, 3.05) is 13.2 Å². The Hall–Kier alpha value is -3.68. The summed E-state index contributed by atoms with van der Waals surface area (Å²) in [6, 6.07) is 19.8. The van der Waals surface area contributed by atoms with Crippen LogP contribution in [0.5, 0.6) is 11.5 Å². The van der Waals surface area contributed by atoms with E-state index in [0.717, 1.165) is 6.07 Å². The Kier molecular flexibility index (Phi) is 8.29. The first-order valence-electron chi connectivity index (χ1n) is 13.8. The second kappa shape index (κ2) is 11.9. The van der Waals surface area contributed by atoms with Gasteiger partial charge in [-0.2, -0.15) is 17.9 Å². The minimum absolute atomic E-state index is 0.0247. The van der Waals surface area contributed by atoms with Gasteiger partial charge in [-0.15, -0.1) is 11.3 Å². The second-order valence-corrected chi connectivity index (χ2v) is 13.8. The lowest BCUT2D eigenvalue weighted by Gasteiger charge is -2.26. The molecule has 2 aromatic heterocycles. The van der Waals surface area contributed by atoms with Gasteiger partial charge in [0.2, 0.25) is 10.0 Å². The van der Waals surface area contributed by atoms with E-state index < -0.39 is 27.8 Å². The monoisotopic (exact) mass is 674 g/mol. The number of ether oxygens (including phenoxy) is 2. The number of pyridine rings is 1. The van der Waals surface area contributed by atoms with Crippen LogP contribution in [0.3, 0.4) is 0 Å². The molecule has 3 heterocycles. The number of thiophene rings is 1. The molecule has 0 bridgehead atoms. The highest BCUT2D eigenvalue weighted by atomic mass is 35.5. The van der Waals surface area contributed by atoms with Crippen LogP contribution < -0.4 is 14.2 Å². The van der Waals surface area contributed by atoms with Gasteiger partial charge in [-0.3, -0.25) is 4.98 Å². The molecule has 0 saturated carbocycles. The van der Waals surface area contributed by atoms with E-state index in [4.69, 9.17) is 21.1 Å². The molecule has 0 saturated heterocycles. The summed E-state index contributed by atoms with van der Waals surface area (Å²) in [5.41, 5.74) is -2.19. The molecule has 0 aliphatic carbocycles. The van der Waals surface area contributed by atoms with Crippen LogP contribution in [0.2, 0.25) is 5.02 Å². The Morgan fingerprint density at radius 2 is 1.73 bits per heavy atom. The van der Waals surface area contributed by atoms with Crippen LogP contribution in [0.15, 0.2) is 90.0 Å². The molecule has 2 atom stereocenters. The highest BCUT2D eigenvalue weighted by Gasteiger charge is 2.51. The zero-order valence-electron chi connectivity index (χ0n) is 23.6. The lowest BCUT2D eigenvalue weighted by Crippen LogP contribution is -2.39. The summed E-state index contributed by atoms with van der Waals surface area (Å²) in [6.07, 6.45) is -3.02. The average Bonchev–Trinajstić information content (AvgIpc) is 3.30. The van der Waals surface area contributed by atoms with Crippen molar-refractivity contribution >= 4 is 43.0 Å². The highest BCUT2D eigenvalue weighted by molar-refractivity contribution is 7.89. The van der Waals surface area contributed by atoms with E-state index >= 15 is 0 Å². The number of hydrogen-bond acceptors (Lipinski definition) is 7. The first-order valence-corrected chi connectivity index (χ1v) is 16.5. The summed E-state index contributed by atoms with van der Waals surface area (Å²) in [5, 5.41) is 11.3. The minimum atomic E-state index is -4.90. The molecule has 7 nitrogen and oxygen atoms in total. The van der Waals surface area contributed by atoms with Crippen molar-refractivity contribution in [3.05, 3.63) is 106 Å². The van der Waals surface area contributed by atoms with Gasteiger partial charge in [0.25, 0.3) is 0 Å². The van der Waals surface area contributed by atoms with Gasteiger partial charge in [-0.05, 0) is 59.8 Å². The summed E-state index contributed by atoms with van der Waals surface area (Å²) in [4.78, 5) is 4.86. The van der Waals surface area contributed by atoms with Gasteiger partial charge in [0, 0.05) is 38.8 Å². The van der Waals surface area contributed by atoms with Gasteiger partial charge in [0.1, 0.15) is 0 Å². The maximum atomic E-state index is 13.8. The van der Waals surface area contributed by atoms with E-state index in [1.165, 1.54) is 35.7 Å². The third kappa shape index (κ3) is 6.12. The van der Waals surface area contributed by atoms with Gasteiger partial charge < -0.3 is 14.6 Å². The summed E-state index contributed by atoms with van der Waals surface area (Å²) >= 11 is 7.84. The summed E-state index contributed by atoms with van der Waals surface area (Å²) < 4.78 is 83.2. The normalized spacial score (nSPS) is 15.8. The lowest BCUT2D eigenvalue weighted by atomic mass is 9.94. The number of fused-ring (bicyclic) bond motifs is 2. The van der Waals surface area contributed by atoms with Gasteiger partial charge in [-0.1, -0.05) is 48.0 Å². The third-order valence-corrected chi connectivity index (χ3v) is 10.5. The molecule has 45 heavy (non-hydrogen) atoms. The summed E-state index contributed by atoms with van der Waals surface area (Å²) in [5.74, 6) is 0.788. The van der Waals surface area contributed by atoms with Crippen molar-refractivity contribution in [2.45, 2.75) is 36.1 Å². The van der Waals surface area contributed by atoms with Crippen LogP contribution in [-0.2, 0) is 15.6 Å². The molecule has 1 aliphatic rings. The molecule has 0 fully saturated rings. The number of rotatable bonds is 7. The number of aliphatic hydroxyl groups is 1. The number of nitrogens with zero attached hydrogens (tertiary/aromatic N) is 1. The second-order valence-electron chi connectivity index (χ2n) is 10.6. The number of hydrogen-bond donors (Lipinski definition) is 2. The van der Waals surface area contributed by atoms with Crippen LogP contribution in [0, 0.1) is 0 Å². The number of benzene rings is 3. The smallest absolute Gasteiger partial charge is 0.421 e. The highest BCUT2D eigenvalue weighted by Crippen LogP contribution is 2.43. The maximum absolute atomic E-state index is 13.8. The molecule has 234 valence electrons. The lowest BCUT2D eigenvalue weighted by molar-refractivity contribution is -0.258. The van der Waals surface area contributed by atoms with E-state index in [2.05, 4.69) is 9.71 Å². The molecule has 2 N–H and O–H groups in total. The quantitative estimate of drug-likeness (QED) is 0.184. The SMILES string of the molecule is C[C@@](O)(c1ccnc(-c2cccc3cc([C@H](NS(=O)(=O)c4ccc5c(c4)OCCCO5)c4ccccc4Cl)sc23)c1)C(F)(F)F. The van der Waals surface area contributed by atoms with Crippen LogP contribution in [0.25, 0.3) is 21.3 Å². The maximum Gasteiger partial charge on any atom is 0.421 e. The first-order chi connectivity index (χ1) is 21.3. The van der Waals surface area contributed by atoms with Crippen LogP contribution in [0.1, 0.15) is 35.4 Å². The predicted molar refractivity (Wildman–Crippen MR) is 166 cm³/mol. The molecule has 0 unspecified atom stereocenters. The van der Waals surface area contributed by atoms with Crippen molar-refractivity contribution < 1.29 is 36.2 Å². The molecule has 3 aromatic carbocycles. The number of sulfonamides is 1. The summed E-state index contributed by atoms with van der Waals surface area (Å²) in [7, 11) is -4.14. The van der Waals surface area contributed by atoms with E-state index in [1.54, 1.807) is 42.5 Å². The largest absolute Gasteiger partial charge is 0.490 e. The molecule has 0 amide bonds. The zero-order chi connectivity index (χ0) is 32.0. The minimum Gasteiger partial charge on any atom is -0.490 e. The fraction of sp³-hybridized carbons (Fsp3) is 0.219. The van der Waals surface area contributed by atoms with E-state index in [-0.39, 0.29) is 16.2 Å². The fourth-order valence-corrected chi connectivity index (χ4v) is 7.77. The Bertz CT molecular complexity index is 2000. The third-order valence-electron chi connectivity index (χ3n) is 7.52. The fourth-order valence-electron chi connectivity index (χ4n) is 4.99. The number of halogens is 4. The molecule has 13 heteroatoms. The van der Waals surface area contributed by atoms with E-state index in [9.17, 15) is 26.7 Å². The van der Waals surface area contributed by atoms with Crippen LogP contribution in [0.4, 0.5) is 13.2 Å². The Morgan fingerprint density at radius 3 is 2.49 bits per heavy atom. The molecule has 0 spiro atoms. The van der Waals surface area contributed by atoms with Gasteiger partial charge in [-0.25, -0.2) is 8.42 Å². The number of aromatic nitrogens is 1. The van der Waals surface area contributed by atoms with Gasteiger partial charge in [0.05, 0.1) is 29.8 Å². The van der Waals surface area contributed by atoms with Crippen molar-refractivity contribution in [1.29, 1.82) is 0 Å². The summed E-state index contributed by atoms with van der Waals surface area (Å²) in [6.45, 7) is 1.54. The molecule has 0 radical (unpaired) electrons. The molecule has 1 aliphatic heterocycles. The standard InChI is InChI=1S/C32H26ClF3N2O5S2/c1-31(39,32(34,35)36)20-12-13-37-25(17-20)23-8-4-6-19-16-28(44-30(19)23)29(22-7-2-3-9-24(22)33)38-45(40,41)21-10-11-26-27(18-21)43-15-5-14-42-26/h2-4,6-13,16-18,29,38-39H,5,14-15H2,1H3/t29-,31-/m1/s1. The Morgan fingerprint density at radius 1 is 0.978 bits per heavy atom. The predicted octanol–water partition coefficient (Wildman–Crippen LogP) is 7.62. The Labute approximate surface area is 266 Å². The molecule has 6 rings (SSSR count). The average molecular weight is 675 g/mol. The van der Waals surface area contributed by atoms with E-state index in [1.807, 2.05) is 12.1 Å². The van der Waals surface area contributed by atoms with Crippen LogP contribution in [-0.4, -0.2) is 37.9 Å². The van der Waals surface area contributed by atoms with Crippen LogP contribution >= 0.6 is 22.9 Å². The zero-order valence-corrected chi connectivity index (χ0v) is 26.0. The molecule has 5 aromatic rings. The number of nitrogens with one attached hydrogen (secondary N) is 1. The van der Waals surface area contributed by atoms with Gasteiger partial charge >= 0.3 is 6.18 Å². The first kappa shape index (κ1) is 31.3. The van der Waals surface area contributed by atoms with E-state index in [0.29, 0.717) is 69.2 Å². The van der Waals surface area contributed by atoms with Crippen molar-refractivity contribution in [3.63, 3.8) is 0 Å². The van der Waals surface area contributed by atoms with Crippen molar-refractivity contribution in [3.8, 4) is 22.8 Å². The van der Waals surface area contributed by atoms with Crippen molar-refractivity contribution in [2.24, 2.45) is 0 Å². The number of alkyl halides is 3.